The van der Waals surface area contributed by atoms with Crippen molar-refractivity contribution >= 4 is 15.9 Å². The van der Waals surface area contributed by atoms with E-state index in [2.05, 4.69) is 15.9 Å². The maximum absolute atomic E-state index is 9.56. The van der Waals surface area contributed by atoms with Crippen LogP contribution in [-0.4, -0.2) is 12.2 Å². The Morgan fingerprint density at radius 3 is 2.61 bits per heavy atom. The summed E-state index contributed by atoms with van der Waals surface area (Å²) in [5.74, 6) is 1.70. The van der Waals surface area contributed by atoms with Crippen LogP contribution in [0.3, 0.4) is 0 Å². The Balaban J connectivity index is 2.04. The monoisotopic (exact) mass is 308 g/mol. The fourth-order valence-corrected chi connectivity index (χ4v) is 1.75. The van der Waals surface area contributed by atoms with Gasteiger partial charge in [-0.1, -0.05) is 12.1 Å². The molecular formula is C14H13BrO3. The van der Waals surface area contributed by atoms with Gasteiger partial charge in [0.25, 0.3) is 0 Å². The third-order valence-corrected chi connectivity index (χ3v) is 3.13. The molecule has 0 unspecified atom stereocenters. The molecule has 0 spiro atoms. The SMILES string of the molecule is COc1cccc(OCc2ccc(Br)c(O)c2)c1. The second-order valence-corrected chi connectivity index (χ2v) is 4.61. The highest BCUT2D eigenvalue weighted by Gasteiger charge is 2.01. The predicted octanol–water partition coefficient (Wildman–Crippen LogP) is 3.74. The van der Waals surface area contributed by atoms with Crippen molar-refractivity contribution < 1.29 is 14.6 Å². The number of phenols is 1. The lowest BCUT2D eigenvalue weighted by Gasteiger charge is -2.08. The van der Waals surface area contributed by atoms with E-state index in [0.717, 1.165) is 17.1 Å². The zero-order valence-corrected chi connectivity index (χ0v) is 11.5. The number of methoxy groups -OCH3 is 1. The third kappa shape index (κ3) is 3.17. The molecule has 1 N–H and O–H groups in total. The number of halogens is 1. The van der Waals surface area contributed by atoms with Crippen LogP contribution >= 0.6 is 15.9 Å². The molecular weight excluding hydrogens is 296 g/mol. The Morgan fingerprint density at radius 1 is 1.11 bits per heavy atom. The van der Waals surface area contributed by atoms with Crippen molar-refractivity contribution in [1.29, 1.82) is 0 Å². The summed E-state index contributed by atoms with van der Waals surface area (Å²) in [6, 6.07) is 12.8. The van der Waals surface area contributed by atoms with Gasteiger partial charge in [0, 0.05) is 6.07 Å². The van der Waals surface area contributed by atoms with E-state index in [9.17, 15) is 5.11 Å². The minimum atomic E-state index is 0.210. The summed E-state index contributed by atoms with van der Waals surface area (Å²) in [5, 5.41) is 9.56. The van der Waals surface area contributed by atoms with E-state index in [1.54, 1.807) is 19.2 Å². The lowest BCUT2D eigenvalue weighted by molar-refractivity contribution is 0.303. The van der Waals surface area contributed by atoms with Crippen molar-refractivity contribution in [3.63, 3.8) is 0 Å². The van der Waals surface area contributed by atoms with Crippen molar-refractivity contribution in [1.82, 2.24) is 0 Å². The molecule has 0 saturated carbocycles. The summed E-state index contributed by atoms with van der Waals surface area (Å²) in [6.07, 6.45) is 0. The molecule has 0 bridgehead atoms. The molecule has 0 aliphatic carbocycles. The Morgan fingerprint density at radius 2 is 1.89 bits per heavy atom. The molecule has 0 heterocycles. The van der Waals surface area contributed by atoms with Crippen molar-refractivity contribution in [2.24, 2.45) is 0 Å². The van der Waals surface area contributed by atoms with Crippen molar-refractivity contribution in [3.05, 3.63) is 52.5 Å². The standard InChI is InChI=1S/C14H13BrO3/c1-17-11-3-2-4-12(8-11)18-9-10-5-6-13(15)14(16)7-10/h2-8,16H,9H2,1H3. The van der Waals surface area contributed by atoms with Crippen molar-refractivity contribution in [3.8, 4) is 17.2 Å². The molecule has 94 valence electrons. The Hall–Kier alpha value is -1.68. The summed E-state index contributed by atoms with van der Waals surface area (Å²) in [4.78, 5) is 0. The topological polar surface area (TPSA) is 38.7 Å². The quantitative estimate of drug-likeness (QED) is 0.935. The molecule has 18 heavy (non-hydrogen) atoms. The van der Waals surface area contributed by atoms with E-state index < -0.39 is 0 Å². The number of ether oxygens (including phenoxy) is 2. The second kappa shape index (κ2) is 5.78. The van der Waals surface area contributed by atoms with Gasteiger partial charge < -0.3 is 14.6 Å². The van der Waals surface area contributed by atoms with Crippen LogP contribution < -0.4 is 9.47 Å². The van der Waals surface area contributed by atoms with Crippen LogP contribution in [0.2, 0.25) is 0 Å². The van der Waals surface area contributed by atoms with Gasteiger partial charge in [0.2, 0.25) is 0 Å². The first-order valence-corrected chi connectivity index (χ1v) is 6.22. The van der Waals surface area contributed by atoms with Crippen LogP contribution in [-0.2, 0) is 6.61 Å². The smallest absolute Gasteiger partial charge is 0.130 e. The summed E-state index contributed by atoms with van der Waals surface area (Å²) >= 11 is 3.24. The van der Waals surface area contributed by atoms with Crippen LogP contribution in [0.15, 0.2) is 46.9 Å². The summed E-state index contributed by atoms with van der Waals surface area (Å²) in [7, 11) is 1.62. The highest BCUT2D eigenvalue weighted by Crippen LogP contribution is 2.25. The first-order chi connectivity index (χ1) is 8.69. The fourth-order valence-electron chi connectivity index (χ4n) is 1.51. The van der Waals surface area contributed by atoms with Crippen molar-refractivity contribution in [2.75, 3.05) is 7.11 Å². The molecule has 4 heteroatoms. The zero-order chi connectivity index (χ0) is 13.0. The van der Waals surface area contributed by atoms with Gasteiger partial charge in [0.05, 0.1) is 11.6 Å². The largest absolute Gasteiger partial charge is 0.507 e. The average Bonchev–Trinajstić information content (AvgIpc) is 2.40. The van der Waals surface area contributed by atoms with Gasteiger partial charge >= 0.3 is 0 Å². The normalized spacial score (nSPS) is 10.1. The molecule has 2 aromatic rings. The number of phenolic OH excluding ortho intramolecular Hbond substituents is 1. The van der Waals surface area contributed by atoms with E-state index in [-0.39, 0.29) is 5.75 Å². The van der Waals surface area contributed by atoms with Gasteiger partial charge in [-0.05, 0) is 45.8 Å². The van der Waals surface area contributed by atoms with E-state index >= 15 is 0 Å². The van der Waals surface area contributed by atoms with Gasteiger partial charge in [0.15, 0.2) is 0 Å². The molecule has 0 aliphatic heterocycles. The van der Waals surface area contributed by atoms with Crippen molar-refractivity contribution in [2.45, 2.75) is 6.61 Å². The van der Waals surface area contributed by atoms with Crippen LogP contribution in [0, 0.1) is 0 Å². The van der Waals surface area contributed by atoms with E-state index in [0.29, 0.717) is 11.1 Å². The van der Waals surface area contributed by atoms with E-state index in [1.807, 2.05) is 30.3 Å². The Labute approximate surface area is 114 Å². The number of rotatable bonds is 4. The predicted molar refractivity (Wildman–Crippen MR) is 73.1 cm³/mol. The summed E-state index contributed by atoms with van der Waals surface area (Å²) in [6.45, 7) is 0.397. The van der Waals surface area contributed by atoms with E-state index in [1.165, 1.54) is 0 Å². The third-order valence-electron chi connectivity index (χ3n) is 2.46. The lowest BCUT2D eigenvalue weighted by atomic mass is 10.2. The number of benzene rings is 2. The molecule has 0 fully saturated rings. The molecule has 0 radical (unpaired) electrons. The lowest BCUT2D eigenvalue weighted by Crippen LogP contribution is -1.95. The highest BCUT2D eigenvalue weighted by atomic mass is 79.9. The molecule has 0 saturated heterocycles. The molecule has 2 aromatic carbocycles. The molecule has 0 aliphatic rings. The molecule has 0 atom stereocenters. The number of hydrogen-bond donors (Lipinski definition) is 1. The number of hydrogen-bond acceptors (Lipinski definition) is 3. The fraction of sp³-hybridized carbons (Fsp3) is 0.143. The molecule has 2 rings (SSSR count). The summed E-state index contributed by atoms with van der Waals surface area (Å²) in [5.41, 5.74) is 0.901. The Kier molecular flexibility index (Phi) is 4.10. The van der Waals surface area contributed by atoms with Crippen LogP contribution in [0.5, 0.6) is 17.2 Å². The number of aromatic hydroxyl groups is 1. The maximum atomic E-state index is 9.56. The first kappa shape index (κ1) is 12.8. The van der Waals surface area contributed by atoms with Gasteiger partial charge in [-0.2, -0.15) is 0 Å². The van der Waals surface area contributed by atoms with Crippen LogP contribution in [0.25, 0.3) is 0 Å². The van der Waals surface area contributed by atoms with E-state index in [4.69, 9.17) is 9.47 Å². The van der Waals surface area contributed by atoms with Crippen LogP contribution in [0.1, 0.15) is 5.56 Å². The maximum Gasteiger partial charge on any atom is 0.130 e. The Bertz CT molecular complexity index is 540. The molecule has 0 aromatic heterocycles. The van der Waals surface area contributed by atoms with Crippen LogP contribution in [0.4, 0.5) is 0 Å². The summed E-state index contributed by atoms with van der Waals surface area (Å²) < 4.78 is 11.4. The second-order valence-electron chi connectivity index (χ2n) is 3.75. The van der Waals surface area contributed by atoms with Gasteiger partial charge in [-0.25, -0.2) is 0 Å². The first-order valence-electron chi connectivity index (χ1n) is 5.43. The van der Waals surface area contributed by atoms with Gasteiger partial charge in [-0.15, -0.1) is 0 Å². The minimum absolute atomic E-state index is 0.210. The molecule has 0 amide bonds. The average molecular weight is 309 g/mol. The van der Waals surface area contributed by atoms with Gasteiger partial charge in [-0.3, -0.25) is 0 Å². The molecule has 3 nitrogen and oxygen atoms in total. The minimum Gasteiger partial charge on any atom is -0.507 e. The zero-order valence-electron chi connectivity index (χ0n) is 9.89. The van der Waals surface area contributed by atoms with Gasteiger partial charge in [0.1, 0.15) is 23.9 Å². The highest BCUT2D eigenvalue weighted by molar-refractivity contribution is 9.10.